The summed E-state index contributed by atoms with van der Waals surface area (Å²) in [7, 11) is 0. The van der Waals surface area contributed by atoms with Gasteiger partial charge in [0.15, 0.2) is 5.79 Å². The van der Waals surface area contributed by atoms with Crippen LogP contribution >= 0.6 is 0 Å². The molecule has 4 rings (SSSR count). The van der Waals surface area contributed by atoms with E-state index in [0.717, 1.165) is 64.2 Å². The van der Waals surface area contributed by atoms with E-state index >= 15 is 0 Å². The Kier molecular flexibility index (Phi) is 19.2. The Morgan fingerprint density at radius 3 is 1.35 bits per heavy atom. The summed E-state index contributed by atoms with van der Waals surface area (Å²) in [6.45, 7) is 3.19. The van der Waals surface area contributed by atoms with Gasteiger partial charge in [0.1, 0.15) is 5.78 Å². The molecule has 0 radical (unpaired) electrons. The molecule has 1 aliphatic heterocycles. The predicted octanol–water partition coefficient (Wildman–Crippen LogP) is 5.93. The van der Waals surface area contributed by atoms with Crippen LogP contribution in [0.3, 0.4) is 0 Å². The maximum atomic E-state index is 10.7. The van der Waals surface area contributed by atoms with Crippen molar-refractivity contribution in [1.82, 2.24) is 0 Å². The van der Waals surface area contributed by atoms with Gasteiger partial charge in [-0.3, -0.25) is 19.2 Å². The number of carbonyl (C=O) groups excluding carboxylic acids is 1. The minimum atomic E-state index is -0.746. The van der Waals surface area contributed by atoms with Crippen LogP contribution in [0, 0.1) is 17.8 Å². The number of hydrogen-bond donors (Lipinski definition) is 4. The fourth-order valence-corrected chi connectivity index (χ4v) is 5.56. The van der Waals surface area contributed by atoms with Gasteiger partial charge in [-0.25, -0.2) is 0 Å². The van der Waals surface area contributed by atoms with Crippen LogP contribution in [0.15, 0.2) is 0 Å². The highest BCUT2D eigenvalue weighted by molar-refractivity contribution is 5.79. The molecule has 4 fully saturated rings. The van der Waals surface area contributed by atoms with Gasteiger partial charge in [0, 0.05) is 44.9 Å². The first-order valence-electron chi connectivity index (χ1n) is 13.6. The topological polar surface area (TPSA) is 168 Å². The van der Waals surface area contributed by atoms with E-state index in [1.165, 1.54) is 0 Å². The number of ketones is 1. The van der Waals surface area contributed by atoms with E-state index in [2.05, 4.69) is 0 Å². The van der Waals surface area contributed by atoms with E-state index in [0.29, 0.717) is 32.0 Å². The maximum Gasteiger partial charge on any atom is 0.303 e. The molecule has 0 aromatic rings. The van der Waals surface area contributed by atoms with Crippen LogP contribution in [0.5, 0.6) is 0 Å². The van der Waals surface area contributed by atoms with Crippen molar-refractivity contribution in [1.29, 1.82) is 0 Å². The lowest BCUT2D eigenvalue weighted by Crippen LogP contribution is -2.35. The highest BCUT2D eigenvalue weighted by Gasteiger charge is 2.40. The van der Waals surface area contributed by atoms with Gasteiger partial charge in [-0.2, -0.15) is 0 Å². The molecule has 1 spiro atoms. The summed E-state index contributed by atoms with van der Waals surface area (Å²) in [4.78, 5) is 41.9. The minimum Gasteiger partial charge on any atom is -0.481 e. The molecular weight excluding hydrogens is 520 g/mol. The van der Waals surface area contributed by atoms with Crippen molar-refractivity contribution in [3.8, 4) is 0 Å². The van der Waals surface area contributed by atoms with Crippen molar-refractivity contribution < 1.29 is 49.1 Å². The molecule has 0 aromatic carbocycles. The third-order valence-electron chi connectivity index (χ3n) is 7.92. The van der Waals surface area contributed by atoms with Crippen molar-refractivity contribution in [3.63, 3.8) is 0 Å². The van der Waals surface area contributed by atoms with E-state index in [4.69, 9.17) is 24.8 Å². The molecular formula is C30H56O10. The predicted molar refractivity (Wildman–Crippen MR) is 153 cm³/mol. The molecule has 10 nitrogen and oxygen atoms in total. The Hall–Kier alpha value is -2.04. The molecule has 10 heteroatoms. The summed E-state index contributed by atoms with van der Waals surface area (Å²) in [5.41, 5.74) is -0.547. The lowest BCUT2D eigenvalue weighted by Gasteiger charge is -2.34. The maximum absolute atomic E-state index is 10.7. The van der Waals surface area contributed by atoms with Crippen LogP contribution in [0.25, 0.3) is 0 Å². The van der Waals surface area contributed by atoms with Crippen molar-refractivity contribution >= 4 is 23.7 Å². The van der Waals surface area contributed by atoms with Crippen molar-refractivity contribution in [2.24, 2.45) is 17.8 Å². The van der Waals surface area contributed by atoms with E-state index in [9.17, 15) is 24.3 Å². The average Bonchev–Trinajstić information content (AvgIpc) is 3.27. The summed E-state index contributed by atoms with van der Waals surface area (Å²) >= 11 is 0. The molecule has 0 amide bonds. The van der Waals surface area contributed by atoms with Crippen LogP contribution < -0.4 is 0 Å². The van der Waals surface area contributed by atoms with Crippen LogP contribution in [0.4, 0.5) is 0 Å². The van der Waals surface area contributed by atoms with Crippen LogP contribution in [-0.2, 0) is 28.7 Å². The third-order valence-corrected chi connectivity index (χ3v) is 7.92. The van der Waals surface area contributed by atoms with Crippen LogP contribution in [0.2, 0.25) is 0 Å². The Morgan fingerprint density at radius 1 is 0.675 bits per heavy atom. The van der Waals surface area contributed by atoms with Crippen molar-refractivity contribution in [3.05, 3.63) is 0 Å². The Balaban J connectivity index is 0. The van der Waals surface area contributed by atoms with Gasteiger partial charge in [-0.05, 0) is 76.0 Å². The van der Waals surface area contributed by atoms with Gasteiger partial charge in [0.2, 0.25) is 0 Å². The first kappa shape index (κ1) is 40.1. The number of rotatable bonds is 6. The molecule has 1 heterocycles. The van der Waals surface area contributed by atoms with Crippen LogP contribution in [-0.4, -0.2) is 68.7 Å². The molecule has 4 aliphatic rings. The minimum absolute atomic E-state index is 0. The molecule has 0 atom stereocenters. The average molecular weight is 577 g/mol. The number of aliphatic carboxylic acids is 3. The molecule has 1 saturated heterocycles. The van der Waals surface area contributed by atoms with Gasteiger partial charge >= 0.3 is 17.9 Å². The zero-order chi connectivity index (χ0) is 27.5. The monoisotopic (exact) mass is 576 g/mol. The molecule has 0 aromatic heterocycles. The Bertz CT molecular complexity index is 742. The normalized spacial score (nSPS) is 25.9. The van der Waals surface area contributed by atoms with E-state index < -0.39 is 23.5 Å². The smallest absolute Gasteiger partial charge is 0.303 e. The van der Waals surface area contributed by atoms with Gasteiger partial charge in [-0.1, -0.05) is 22.3 Å². The fraction of sp³-hybridized carbons (Fsp3) is 0.867. The highest BCUT2D eigenvalue weighted by atomic mass is 16.7. The number of hydrogen-bond acceptors (Lipinski definition) is 7. The van der Waals surface area contributed by atoms with E-state index in [-0.39, 0.29) is 64.9 Å². The molecule has 3 aliphatic carbocycles. The number of Topliss-reactive ketones (excluding diaryl/α,β-unsaturated/α-hetero) is 1. The van der Waals surface area contributed by atoms with Crippen LogP contribution in [0.1, 0.15) is 126 Å². The second-order valence-electron chi connectivity index (χ2n) is 11.3. The zero-order valence-electron chi connectivity index (χ0n) is 22.0. The van der Waals surface area contributed by atoms with E-state index in [1.54, 1.807) is 0 Å². The van der Waals surface area contributed by atoms with E-state index in [1.807, 2.05) is 6.92 Å². The molecule has 0 unspecified atom stereocenters. The molecule has 236 valence electrons. The lowest BCUT2D eigenvalue weighted by atomic mass is 9.79. The first-order chi connectivity index (χ1) is 17.4. The van der Waals surface area contributed by atoms with Gasteiger partial charge in [0.05, 0.1) is 18.8 Å². The largest absolute Gasteiger partial charge is 0.481 e. The quantitative estimate of drug-likeness (QED) is 0.297. The molecule has 0 bridgehead atoms. The number of carboxylic acids is 3. The SMILES string of the molecule is C.C.C.CC1(O)CCC(CC(=O)O)CC1.O=C(O)CC1CCC(=O)CC1.O=C(O)CC1CCC2(CC1)OCCO2. The Morgan fingerprint density at radius 2 is 1.00 bits per heavy atom. The number of carbonyl (C=O) groups is 4. The third kappa shape index (κ3) is 15.7. The highest BCUT2D eigenvalue weighted by Crippen LogP contribution is 2.39. The van der Waals surface area contributed by atoms with Crippen molar-refractivity contribution in [2.45, 2.75) is 137 Å². The molecule has 40 heavy (non-hydrogen) atoms. The summed E-state index contributed by atoms with van der Waals surface area (Å²) in [6, 6.07) is 0. The van der Waals surface area contributed by atoms with Crippen molar-refractivity contribution in [2.75, 3.05) is 13.2 Å². The summed E-state index contributed by atoms with van der Waals surface area (Å²) < 4.78 is 11.1. The lowest BCUT2D eigenvalue weighted by molar-refractivity contribution is -0.183. The second-order valence-corrected chi connectivity index (χ2v) is 11.3. The second kappa shape index (κ2) is 19.1. The van der Waals surface area contributed by atoms with Gasteiger partial charge < -0.3 is 29.9 Å². The van der Waals surface area contributed by atoms with Gasteiger partial charge in [-0.15, -0.1) is 0 Å². The number of aliphatic hydroxyl groups is 1. The summed E-state index contributed by atoms with van der Waals surface area (Å²) in [5, 5.41) is 35.2. The first-order valence-corrected chi connectivity index (χ1v) is 13.6. The molecule has 3 saturated carbocycles. The standard InChI is InChI=1S/C10H16O4.C9H16O3.C8H12O3.3CH4/c11-9(12)7-8-1-3-10(4-2-8)13-5-6-14-10;1-9(12)4-2-7(3-5-9)6-8(10)11;9-7-3-1-6(2-4-7)5-8(10)11;;;/h8H,1-7H2,(H,11,12);7,12H,2-6H2,1H3,(H,10,11);6H,1-5H2,(H,10,11);3*1H4. The van der Waals surface area contributed by atoms with Gasteiger partial charge in [0.25, 0.3) is 0 Å². The zero-order valence-corrected chi connectivity index (χ0v) is 22.0. The summed E-state index contributed by atoms with van der Waals surface area (Å²) in [6.07, 6.45) is 10.2. The number of carboxylic acid groups (broad SMARTS) is 3. The number of ether oxygens (including phenoxy) is 2. The molecule has 4 N–H and O–H groups in total. The fourth-order valence-electron chi connectivity index (χ4n) is 5.56. The Labute approximate surface area is 240 Å². The summed E-state index contributed by atoms with van der Waals surface area (Å²) in [5.74, 6) is -1.40.